The maximum atomic E-state index is 5.73. The minimum absolute atomic E-state index is 0.734. The Morgan fingerprint density at radius 1 is 1.31 bits per heavy atom. The van der Waals surface area contributed by atoms with Gasteiger partial charge < -0.3 is 15.0 Å². The molecule has 0 atom stereocenters. The molecule has 1 N–H and O–H groups in total. The van der Waals surface area contributed by atoms with E-state index in [1.165, 1.54) is 24.0 Å². The first-order valence-electron chi connectivity index (χ1n) is 9.30. The minimum atomic E-state index is 0.734. The number of aromatic nitrogens is 2. The molecule has 6 nitrogen and oxygen atoms in total. The number of likely N-dealkylation sites (N-methyl/N-ethyl adjacent to an activating group) is 1. The molecule has 0 aliphatic heterocycles. The van der Waals surface area contributed by atoms with E-state index in [1.54, 1.807) is 0 Å². The van der Waals surface area contributed by atoms with Crippen LogP contribution in [0.25, 0.3) is 0 Å². The smallest absolute Gasteiger partial charge is 0.193 e. The van der Waals surface area contributed by atoms with Crippen molar-refractivity contribution in [1.29, 1.82) is 0 Å². The van der Waals surface area contributed by atoms with E-state index in [0.29, 0.717) is 0 Å². The van der Waals surface area contributed by atoms with Gasteiger partial charge in [-0.2, -0.15) is 5.10 Å². The number of aliphatic imine (C=N–C) groups is 1. The molecule has 0 spiro atoms. The van der Waals surface area contributed by atoms with Crippen LogP contribution in [0.1, 0.15) is 24.0 Å². The van der Waals surface area contributed by atoms with Crippen LogP contribution in [0.2, 0.25) is 0 Å². The SMILES string of the molecule is CN=C(NCc1ccccc1Cn1cccn1)N(C)CCOCC1CC1. The molecular weight excluding hydrogens is 326 g/mol. The third-order valence-corrected chi connectivity index (χ3v) is 4.64. The highest BCUT2D eigenvalue weighted by atomic mass is 16.5. The van der Waals surface area contributed by atoms with Crippen LogP contribution in [-0.4, -0.2) is 54.5 Å². The van der Waals surface area contributed by atoms with E-state index in [-0.39, 0.29) is 0 Å². The number of guanidine groups is 1. The van der Waals surface area contributed by atoms with E-state index in [4.69, 9.17) is 4.74 Å². The monoisotopic (exact) mass is 355 g/mol. The lowest BCUT2D eigenvalue weighted by atomic mass is 10.1. The molecule has 0 radical (unpaired) electrons. The van der Waals surface area contributed by atoms with E-state index in [2.05, 4.69) is 44.6 Å². The molecule has 3 rings (SSSR count). The second kappa shape index (κ2) is 9.38. The fraction of sp³-hybridized carbons (Fsp3) is 0.500. The second-order valence-corrected chi connectivity index (χ2v) is 6.81. The fourth-order valence-electron chi connectivity index (χ4n) is 2.85. The van der Waals surface area contributed by atoms with E-state index < -0.39 is 0 Å². The van der Waals surface area contributed by atoms with Gasteiger partial charge in [-0.3, -0.25) is 9.67 Å². The van der Waals surface area contributed by atoms with Gasteiger partial charge in [-0.1, -0.05) is 24.3 Å². The summed E-state index contributed by atoms with van der Waals surface area (Å²) in [5.41, 5.74) is 2.51. The molecular formula is C20H29N5O. The highest BCUT2D eigenvalue weighted by molar-refractivity contribution is 5.79. The highest BCUT2D eigenvalue weighted by Gasteiger charge is 2.21. The average Bonchev–Trinajstić information content (AvgIpc) is 3.34. The van der Waals surface area contributed by atoms with Gasteiger partial charge in [0.25, 0.3) is 0 Å². The largest absolute Gasteiger partial charge is 0.379 e. The molecule has 2 aromatic rings. The summed E-state index contributed by atoms with van der Waals surface area (Å²) in [6, 6.07) is 10.4. The minimum Gasteiger partial charge on any atom is -0.379 e. The van der Waals surface area contributed by atoms with Crippen molar-refractivity contribution in [3.63, 3.8) is 0 Å². The lowest BCUT2D eigenvalue weighted by Gasteiger charge is -2.22. The van der Waals surface area contributed by atoms with Crippen LogP contribution in [0.5, 0.6) is 0 Å². The Bertz CT molecular complexity index is 694. The number of nitrogens with one attached hydrogen (secondary N) is 1. The Kier molecular flexibility index (Phi) is 6.66. The summed E-state index contributed by atoms with van der Waals surface area (Å²) in [6.45, 7) is 3.98. The highest BCUT2D eigenvalue weighted by Crippen LogP contribution is 2.28. The number of ether oxygens (including phenoxy) is 1. The van der Waals surface area contributed by atoms with Crippen molar-refractivity contribution in [1.82, 2.24) is 20.0 Å². The number of benzene rings is 1. The van der Waals surface area contributed by atoms with Gasteiger partial charge in [0.05, 0.1) is 13.2 Å². The Morgan fingerprint density at radius 2 is 2.12 bits per heavy atom. The van der Waals surface area contributed by atoms with Crippen LogP contribution in [0.4, 0.5) is 0 Å². The van der Waals surface area contributed by atoms with Crippen molar-refractivity contribution >= 4 is 5.96 Å². The van der Waals surface area contributed by atoms with E-state index in [9.17, 15) is 0 Å². The summed E-state index contributed by atoms with van der Waals surface area (Å²) in [6.07, 6.45) is 6.45. The molecule has 0 bridgehead atoms. The number of hydrogen-bond acceptors (Lipinski definition) is 3. The molecule has 1 aromatic heterocycles. The third-order valence-electron chi connectivity index (χ3n) is 4.64. The van der Waals surface area contributed by atoms with E-state index in [1.807, 2.05) is 37.2 Å². The van der Waals surface area contributed by atoms with Crippen molar-refractivity contribution in [2.24, 2.45) is 10.9 Å². The molecule has 1 heterocycles. The fourth-order valence-corrected chi connectivity index (χ4v) is 2.85. The number of hydrogen-bond donors (Lipinski definition) is 1. The Morgan fingerprint density at radius 3 is 2.81 bits per heavy atom. The molecule has 0 unspecified atom stereocenters. The summed E-state index contributed by atoms with van der Waals surface area (Å²) in [4.78, 5) is 6.51. The predicted octanol–water partition coefficient (Wildman–Crippen LogP) is 2.37. The third kappa shape index (κ3) is 5.59. The Labute approximate surface area is 155 Å². The molecule has 26 heavy (non-hydrogen) atoms. The van der Waals surface area contributed by atoms with Crippen LogP contribution in [-0.2, 0) is 17.8 Å². The molecule has 6 heteroatoms. The first-order chi connectivity index (χ1) is 12.8. The average molecular weight is 355 g/mol. The molecule has 1 aliphatic rings. The van der Waals surface area contributed by atoms with Crippen LogP contribution in [0.15, 0.2) is 47.7 Å². The first kappa shape index (κ1) is 18.5. The lowest BCUT2D eigenvalue weighted by Crippen LogP contribution is -2.40. The Hall–Kier alpha value is -2.34. The van der Waals surface area contributed by atoms with Gasteiger partial charge in [-0.05, 0) is 36.0 Å². The normalized spacial score (nSPS) is 14.5. The molecule has 0 amide bonds. The zero-order chi connectivity index (χ0) is 18.2. The van der Waals surface area contributed by atoms with Gasteiger partial charge in [0, 0.05) is 46.2 Å². The lowest BCUT2D eigenvalue weighted by molar-refractivity contribution is 0.115. The zero-order valence-electron chi connectivity index (χ0n) is 15.8. The van der Waals surface area contributed by atoms with Gasteiger partial charge in [-0.15, -0.1) is 0 Å². The molecule has 0 saturated heterocycles. The van der Waals surface area contributed by atoms with E-state index in [0.717, 1.165) is 44.7 Å². The van der Waals surface area contributed by atoms with Crippen molar-refractivity contribution in [3.8, 4) is 0 Å². The van der Waals surface area contributed by atoms with Crippen molar-refractivity contribution in [2.75, 3.05) is 33.9 Å². The molecule has 1 aromatic carbocycles. The number of nitrogens with zero attached hydrogens (tertiary/aromatic N) is 4. The first-order valence-corrected chi connectivity index (χ1v) is 9.30. The van der Waals surface area contributed by atoms with Crippen LogP contribution in [0, 0.1) is 5.92 Å². The van der Waals surface area contributed by atoms with Crippen molar-refractivity contribution in [3.05, 3.63) is 53.9 Å². The van der Waals surface area contributed by atoms with Crippen molar-refractivity contribution in [2.45, 2.75) is 25.9 Å². The van der Waals surface area contributed by atoms with Crippen LogP contribution < -0.4 is 5.32 Å². The zero-order valence-corrected chi connectivity index (χ0v) is 15.8. The molecule has 140 valence electrons. The summed E-state index contributed by atoms with van der Waals surface area (Å²) in [5.74, 6) is 1.69. The summed E-state index contributed by atoms with van der Waals surface area (Å²) in [5, 5.41) is 7.76. The molecule has 1 fully saturated rings. The maximum Gasteiger partial charge on any atom is 0.193 e. The van der Waals surface area contributed by atoms with Crippen LogP contribution >= 0.6 is 0 Å². The summed E-state index contributed by atoms with van der Waals surface area (Å²) >= 11 is 0. The molecule has 1 saturated carbocycles. The Balaban J connectivity index is 1.49. The van der Waals surface area contributed by atoms with Gasteiger partial charge in [0.15, 0.2) is 5.96 Å². The molecule has 1 aliphatic carbocycles. The van der Waals surface area contributed by atoms with Gasteiger partial charge in [0.2, 0.25) is 0 Å². The summed E-state index contributed by atoms with van der Waals surface area (Å²) in [7, 11) is 3.87. The van der Waals surface area contributed by atoms with Gasteiger partial charge >= 0.3 is 0 Å². The topological polar surface area (TPSA) is 54.7 Å². The standard InChI is InChI=1S/C20H29N5O/c1-21-20(24(2)12-13-26-16-17-8-9-17)22-14-18-6-3-4-7-19(18)15-25-11-5-10-23-25/h3-7,10-11,17H,8-9,12-16H2,1-2H3,(H,21,22). The second-order valence-electron chi connectivity index (χ2n) is 6.81. The van der Waals surface area contributed by atoms with E-state index >= 15 is 0 Å². The quantitative estimate of drug-likeness (QED) is 0.426. The maximum absolute atomic E-state index is 5.73. The van der Waals surface area contributed by atoms with Crippen molar-refractivity contribution < 1.29 is 4.74 Å². The number of rotatable bonds is 9. The van der Waals surface area contributed by atoms with Gasteiger partial charge in [-0.25, -0.2) is 0 Å². The van der Waals surface area contributed by atoms with Crippen LogP contribution in [0.3, 0.4) is 0 Å². The summed E-state index contributed by atoms with van der Waals surface area (Å²) < 4.78 is 7.67. The predicted molar refractivity (Wildman–Crippen MR) is 104 cm³/mol. The van der Waals surface area contributed by atoms with Gasteiger partial charge in [0.1, 0.15) is 0 Å².